The number of benzene rings is 2. The standard InChI is InChI=1S/C21H21ClN2O5/c1-14(17-3-2-4-19(13-17)24(27)28)29-21(26)16-9-11-23(12-10-16)20(25)15-5-7-18(22)8-6-15/h2-8,13-14,16H,9-12H2,1H3/t14-/m1/s1. The van der Waals surface area contributed by atoms with Crippen molar-refractivity contribution in [1.82, 2.24) is 4.90 Å². The number of hydrogen-bond acceptors (Lipinski definition) is 5. The highest BCUT2D eigenvalue weighted by Gasteiger charge is 2.30. The van der Waals surface area contributed by atoms with Crippen LogP contribution in [0.4, 0.5) is 5.69 Å². The van der Waals surface area contributed by atoms with E-state index < -0.39 is 11.0 Å². The van der Waals surface area contributed by atoms with Gasteiger partial charge in [0.05, 0.1) is 10.8 Å². The second-order valence-corrected chi connectivity index (χ2v) is 7.44. The largest absolute Gasteiger partial charge is 0.458 e. The van der Waals surface area contributed by atoms with Crippen LogP contribution in [0.2, 0.25) is 5.02 Å². The number of carbonyl (C=O) groups excluding carboxylic acids is 2. The number of halogens is 1. The Kier molecular flexibility index (Phi) is 6.49. The molecule has 1 aliphatic rings. The van der Waals surface area contributed by atoms with Gasteiger partial charge in [0.15, 0.2) is 0 Å². The van der Waals surface area contributed by atoms with E-state index in [-0.39, 0.29) is 23.5 Å². The van der Waals surface area contributed by atoms with Crippen LogP contribution in [-0.2, 0) is 9.53 Å². The molecule has 0 aromatic heterocycles. The lowest BCUT2D eigenvalue weighted by atomic mass is 9.96. The first-order chi connectivity index (χ1) is 13.8. The predicted octanol–water partition coefficient (Wildman–Crippen LogP) is 4.40. The Hall–Kier alpha value is -2.93. The summed E-state index contributed by atoms with van der Waals surface area (Å²) >= 11 is 5.86. The molecule has 1 aliphatic heterocycles. The number of nitro groups is 1. The van der Waals surface area contributed by atoms with Gasteiger partial charge in [0.2, 0.25) is 0 Å². The van der Waals surface area contributed by atoms with Gasteiger partial charge >= 0.3 is 5.97 Å². The zero-order valence-electron chi connectivity index (χ0n) is 15.9. The lowest BCUT2D eigenvalue weighted by molar-refractivity contribution is -0.385. The smallest absolute Gasteiger partial charge is 0.309 e. The van der Waals surface area contributed by atoms with Crippen molar-refractivity contribution < 1.29 is 19.2 Å². The van der Waals surface area contributed by atoms with Gasteiger partial charge in [-0.25, -0.2) is 0 Å². The SMILES string of the molecule is C[C@@H](OC(=O)C1CCN(C(=O)c2ccc(Cl)cc2)CC1)c1cccc([N+](=O)[O-])c1. The zero-order chi connectivity index (χ0) is 21.0. The van der Waals surface area contributed by atoms with Gasteiger partial charge in [-0.3, -0.25) is 19.7 Å². The van der Waals surface area contributed by atoms with Gasteiger partial charge in [0.1, 0.15) is 6.10 Å². The average molecular weight is 417 g/mol. The molecular weight excluding hydrogens is 396 g/mol. The van der Waals surface area contributed by atoms with Gasteiger partial charge in [-0.05, 0) is 49.6 Å². The molecule has 0 aliphatic carbocycles. The summed E-state index contributed by atoms with van der Waals surface area (Å²) in [6.45, 7) is 2.62. The Morgan fingerprint density at radius 3 is 2.45 bits per heavy atom. The quantitative estimate of drug-likeness (QED) is 0.409. The minimum atomic E-state index is -0.587. The molecule has 152 valence electrons. The number of likely N-dealkylation sites (tertiary alicyclic amines) is 1. The summed E-state index contributed by atoms with van der Waals surface area (Å²) in [6.07, 6.45) is 0.441. The van der Waals surface area contributed by atoms with Crippen LogP contribution in [0.3, 0.4) is 0 Å². The first kappa shape index (κ1) is 20.8. The van der Waals surface area contributed by atoms with Crippen LogP contribution in [0.5, 0.6) is 0 Å². The number of non-ortho nitro benzene ring substituents is 1. The summed E-state index contributed by atoms with van der Waals surface area (Å²) in [4.78, 5) is 37.2. The van der Waals surface area contributed by atoms with Gasteiger partial charge < -0.3 is 9.64 Å². The average Bonchev–Trinajstić information content (AvgIpc) is 2.74. The van der Waals surface area contributed by atoms with Crippen molar-refractivity contribution in [2.75, 3.05) is 13.1 Å². The van der Waals surface area contributed by atoms with Crippen LogP contribution in [0.25, 0.3) is 0 Å². The number of nitro benzene ring substituents is 1. The Morgan fingerprint density at radius 1 is 1.17 bits per heavy atom. The number of nitrogens with zero attached hydrogens (tertiary/aromatic N) is 2. The third kappa shape index (κ3) is 5.12. The van der Waals surface area contributed by atoms with E-state index in [9.17, 15) is 19.7 Å². The molecule has 1 saturated heterocycles. The van der Waals surface area contributed by atoms with Crippen molar-refractivity contribution in [2.24, 2.45) is 5.92 Å². The fourth-order valence-electron chi connectivity index (χ4n) is 3.32. The van der Waals surface area contributed by atoms with Gasteiger partial charge in [0, 0.05) is 35.8 Å². The highest BCUT2D eigenvalue weighted by Crippen LogP contribution is 2.26. The third-order valence-electron chi connectivity index (χ3n) is 5.05. The van der Waals surface area contributed by atoms with Gasteiger partial charge in [-0.2, -0.15) is 0 Å². The summed E-state index contributed by atoms with van der Waals surface area (Å²) in [5.74, 6) is -0.730. The van der Waals surface area contributed by atoms with Crippen LogP contribution < -0.4 is 0 Å². The molecule has 0 spiro atoms. The van der Waals surface area contributed by atoms with Crippen LogP contribution in [-0.4, -0.2) is 34.8 Å². The fourth-order valence-corrected chi connectivity index (χ4v) is 3.45. The highest BCUT2D eigenvalue weighted by molar-refractivity contribution is 6.30. The molecule has 0 unspecified atom stereocenters. The topological polar surface area (TPSA) is 89.8 Å². The van der Waals surface area contributed by atoms with E-state index in [1.54, 1.807) is 48.2 Å². The molecule has 0 saturated carbocycles. The minimum Gasteiger partial charge on any atom is -0.458 e. The van der Waals surface area contributed by atoms with E-state index >= 15 is 0 Å². The zero-order valence-corrected chi connectivity index (χ0v) is 16.7. The van der Waals surface area contributed by atoms with Gasteiger partial charge in [0.25, 0.3) is 11.6 Å². The maximum Gasteiger partial charge on any atom is 0.309 e. The monoisotopic (exact) mass is 416 g/mol. The van der Waals surface area contributed by atoms with Crippen molar-refractivity contribution in [1.29, 1.82) is 0 Å². The lowest BCUT2D eigenvalue weighted by Crippen LogP contribution is -2.40. The molecule has 7 nitrogen and oxygen atoms in total. The molecule has 1 fully saturated rings. The van der Waals surface area contributed by atoms with Crippen molar-refractivity contribution in [2.45, 2.75) is 25.9 Å². The Morgan fingerprint density at radius 2 is 1.83 bits per heavy atom. The Balaban J connectivity index is 1.54. The first-order valence-electron chi connectivity index (χ1n) is 9.35. The van der Waals surface area contributed by atoms with E-state index in [2.05, 4.69) is 0 Å². The van der Waals surface area contributed by atoms with Crippen LogP contribution in [0.15, 0.2) is 48.5 Å². The molecule has 8 heteroatoms. The van der Waals surface area contributed by atoms with Crippen LogP contribution in [0, 0.1) is 16.0 Å². The fraction of sp³-hybridized carbons (Fsp3) is 0.333. The van der Waals surface area contributed by atoms with E-state index in [1.165, 1.54) is 12.1 Å². The van der Waals surface area contributed by atoms with Crippen LogP contribution >= 0.6 is 11.6 Å². The normalized spacial score (nSPS) is 15.6. The number of piperidine rings is 1. The molecule has 0 N–H and O–H groups in total. The van der Waals surface area contributed by atoms with Crippen molar-refractivity contribution in [3.63, 3.8) is 0 Å². The maximum absolute atomic E-state index is 12.5. The van der Waals surface area contributed by atoms with E-state index in [0.717, 1.165) is 0 Å². The Labute approximate surface area is 173 Å². The summed E-state index contributed by atoms with van der Waals surface area (Å²) in [7, 11) is 0. The van der Waals surface area contributed by atoms with Crippen molar-refractivity contribution in [3.8, 4) is 0 Å². The number of esters is 1. The lowest BCUT2D eigenvalue weighted by Gasteiger charge is -2.31. The number of rotatable bonds is 5. The van der Waals surface area contributed by atoms with E-state index in [1.807, 2.05) is 0 Å². The van der Waals surface area contributed by atoms with E-state index in [4.69, 9.17) is 16.3 Å². The van der Waals surface area contributed by atoms with Crippen molar-refractivity contribution >= 4 is 29.2 Å². The maximum atomic E-state index is 12.5. The second kappa shape index (κ2) is 9.05. The molecule has 3 rings (SSSR count). The summed E-state index contributed by atoms with van der Waals surface area (Å²) in [6, 6.07) is 12.8. The molecule has 0 bridgehead atoms. The molecule has 29 heavy (non-hydrogen) atoms. The predicted molar refractivity (Wildman–Crippen MR) is 108 cm³/mol. The Bertz CT molecular complexity index is 908. The molecular formula is C21H21ClN2O5. The van der Waals surface area contributed by atoms with Gasteiger partial charge in [-0.1, -0.05) is 23.7 Å². The number of amides is 1. The number of carbonyl (C=O) groups is 2. The molecule has 2 aromatic rings. The molecule has 1 heterocycles. The summed E-state index contributed by atoms with van der Waals surface area (Å²) in [5.41, 5.74) is 1.09. The second-order valence-electron chi connectivity index (χ2n) is 7.00. The third-order valence-corrected chi connectivity index (χ3v) is 5.30. The van der Waals surface area contributed by atoms with Gasteiger partial charge in [-0.15, -0.1) is 0 Å². The van der Waals surface area contributed by atoms with Crippen molar-refractivity contribution in [3.05, 3.63) is 74.8 Å². The molecule has 2 aromatic carbocycles. The summed E-state index contributed by atoms with van der Waals surface area (Å²) < 4.78 is 5.52. The number of ether oxygens (including phenoxy) is 1. The van der Waals surface area contributed by atoms with E-state index in [0.29, 0.717) is 42.1 Å². The molecule has 0 radical (unpaired) electrons. The molecule has 1 atom stereocenters. The van der Waals surface area contributed by atoms with Crippen LogP contribution in [0.1, 0.15) is 41.8 Å². The number of hydrogen-bond donors (Lipinski definition) is 0. The minimum absolute atomic E-state index is 0.0422. The summed E-state index contributed by atoms with van der Waals surface area (Å²) in [5, 5.41) is 11.5. The highest BCUT2D eigenvalue weighted by atomic mass is 35.5. The molecule has 1 amide bonds. The first-order valence-corrected chi connectivity index (χ1v) is 9.72.